The van der Waals surface area contributed by atoms with Gasteiger partial charge in [0, 0.05) is 12.6 Å². The van der Waals surface area contributed by atoms with Crippen molar-refractivity contribution < 1.29 is 9.66 Å². The molecule has 0 fully saturated rings. The van der Waals surface area contributed by atoms with Crippen LogP contribution in [0.4, 0.5) is 5.69 Å². The third-order valence-corrected chi connectivity index (χ3v) is 2.87. The van der Waals surface area contributed by atoms with Gasteiger partial charge in [0.05, 0.1) is 4.92 Å². The molecule has 0 aliphatic carbocycles. The van der Waals surface area contributed by atoms with E-state index in [9.17, 15) is 10.1 Å². The molecule has 0 atom stereocenters. The first-order chi connectivity index (χ1) is 9.70. The third kappa shape index (κ3) is 3.55. The van der Waals surface area contributed by atoms with Gasteiger partial charge in [-0.3, -0.25) is 15.8 Å². The van der Waals surface area contributed by atoms with Gasteiger partial charge in [0.1, 0.15) is 6.61 Å². The molecule has 0 saturated heterocycles. The van der Waals surface area contributed by atoms with E-state index in [1.165, 1.54) is 6.07 Å². The predicted molar refractivity (Wildman–Crippen MR) is 75.5 cm³/mol. The zero-order valence-electron chi connectivity index (χ0n) is 10.9. The molecule has 0 saturated carbocycles. The Morgan fingerprint density at radius 2 is 1.85 bits per heavy atom. The Balaban J connectivity index is 2.19. The van der Waals surface area contributed by atoms with Gasteiger partial charge in [0.25, 0.3) is 0 Å². The highest BCUT2D eigenvalue weighted by Crippen LogP contribution is 2.28. The van der Waals surface area contributed by atoms with Gasteiger partial charge in [-0.1, -0.05) is 36.4 Å². The van der Waals surface area contributed by atoms with E-state index in [1.807, 2.05) is 30.3 Å². The number of nitrogens with zero attached hydrogens (tertiary/aromatic N) is 1. The molecule has 5 heteroatoms. The lowest BCUT2D eigenvalue weighted by Crippen LogP contribution is -2.01. The van der Waals surface area contributed by atoms with Crippen molar-refractivity contribution in [3.63, 3.8) is 0 Å². The highest BCUT2D eigenvalue weighted by Gasteiger charge is 2.15. The number of nitro benzene ring substituents is 1. The van der Waals surface area contributed by atoms with Gasteiger partial charge in [-0.05, 0) is 23.6 Å². The quantitative estimate of drug-likeness (QED) is 0.598. The molecular weight excluding hydrogens is 256 g/mol. The summed E-state index contributed by atoms with van der Waals surface area (Å²) in [7, 11) is 0. The lowest BCUT2D eigenvalue weighted by molar-refractivity contribution is -0.386. The number of nitro groups is 1. The van der Waals surface area contributed by atoms with E-state index in [2.05, 4.69) is 0 Å². The van der Waals surface area contributed by atoms with Gasteiger partial charge < -0.3 is 4.74 Å². The fourth-order valence-electron chi connectivity index (χ4n) is 1.86. The molecule has 0 bridgehead atoms. The van der Waals surface area contributed by atoms with Gasteiger partial charge >= 0.3 is 5.69 Å². The van der Waals surface area contributed by atoms with Gasteiger partial charge in [-0.25, -0.2) is 0 Å². The van der Waals surface area contributed by atoms with Crippen molar-refractivity contribution >= 4 is 5.69 Å². The minimum atomic E-state index is -0.454. The van der Waals surface area contributed by atoms with Crippen LogP contribution in [-0.2, 0) is 13.0 Å². The molecule has 0 amide bonds. The first kappa shape index (κ1) is 14.0. The highest BCUT2D eigenvalue weighted by atomic mass is 16.6. The normalized spacial score (nSPS) is 10.2. The van der Waals surface area contributed by atoms with Crippen LogP contribution in [0.5, 0.6) is 5.75 Å². The summed E-state index contributed by atoms with van der Waals surface area (Å²) in [6.07, 6.45) is 0.555. The summed E-state index contributed by atoms with van der Waals surface area (Å²) in [5.41, 5.74) is 8.98. The number of nitrogens with one attached hydrogen (secondary N) is 1. The Hall–Kier alpha value is -2.40. The van der Waals surface area contributed by atoms with E-state index >= 15 is 0 Å². The molecule has 0 aromatic heterocycles. The number of ether oxygens (including phenoxy) is 1. The summed E-state index contributed by atoms with van der Waals surface area (Å²) in [6.45, 7) is 0.530. The fourth-order valence-corrected chi connectivity index (χ4v) is 1.86. The summed E-state index contributed by atoms with van der Waals surface area (Å²) in [6, 6.07) is 14.2. The number of hydrogen-bond acceptors (Lipinski definition) is 3. The average Bonchev–Trinajstić information content (AvgIpc) is 2.46. The lowest BCUT2D eigenvalue weighted by Gasteiger charge is -2.08. The maximum absolute atomic E-state index is 11.0. The van der Waals surface area contributed by atoms with Crippen molar-refractivity contribution in [2.24, 2.45) is 0 Å². The van der Waals surface area contributed by atoms with Crippen molar-refractivity contribution in [2.75, 3.05) is 6.54 Å². The summed E-state index contributed by atoms with van der Waals surface area (Å²) < 4.78 is 5.57. The Bertz CT molecular complexity index is 585. The topological polar surface area (TPSA) is 76.2 Å². The molecule has 2 rings (SSSR count). The van der Waals surface area contributed by atoms with Gasteiger partial charge in [-0.15, -0.1) is 0 Å². The van der Waals surface area contributed by atoms with Gasteiger partial charge in [0.2, 0.25) is 0 Å². The molecule has 0 spiro atoms. The van der Waals surface area contributed by atoms with E-state index in [1.54, 1.807) is 12.1 Å². The highest BCUT2D eigenvalue weighted by molar-refractivity contribution is 5.48. The largest absolute Gasteiger partial charge is 0.482 e. The van der Waals surface area contributed by atoms with Crippen LogP contribution in [0.1, 0.15) is 11.1 Å². The van der Waals surface area contributed by atoms with Crippen LogP contribution in [0.2, 0.25) is 0 Å². The molecule has 0 aliphatic heterocycles. The maximum Gasteiger partial charge on any atom is 0.310 e. The van der Waals surface area contributed by atoms with Crippen LogP contribution in [-0.4, -0.2) is 11.5 Å². The van der Waals surface area contributed by atoms with Crippen LogP contribution in [0.25, 0.3) is 0 Å². The lowest BCUT2D eigenvalue weighted by atomic mass is 10.1. The van der Waals surface area contributed by atoms with Crippen LogP contribution in [0.3, 0.4) is 0 Å². The molecule has 103 valence electrons. The summed E-state index contributed by atoms with van der Waals surface area (Å²) in [5.74, 6) is 0.254. The second kappa shape index (κ2) is 6.68. The molecule has 2 aromatic rings. The fraction of sp³-hybridized carbons (Fsp3) is 0.200. The van der Waals surface area contributed by atoms with Crippen LogP contribution < -0.4 is 10.5 Å². The van der Waals surface area contributed by atoms with Crippen molar-refractivity contribution in [2.45, 2.75) is 13.0 Å². The SMILES string of the molecule is [NH]CCc1ccc([N+](=O)[O-])c(OCc2ccccc2)c1. The van der Waals surface area contributed by atoms with Gasteiger partial charge in [-0.2, -0.15) is 0 Å². The molecular formula is C15H15N2O3. The number of benzene rings is 2. The molecule has 1 radical (unpaired) electrons. The smallest absolute Gasteiger partial charge is 0.310 e. The zero-order valence-corrected chi connectivity index (χ0v) is 10.9. The van der Waals surface area contributed by atoms with E-state index in [-0.39, 0.29) is 24.6 Å². The Morgan fingerprint density at radius 1 is 1.10 bits per heavy atom. The standard InChI is InChI=1S/C15H15N2O3/c16-9-8-12-6-7-14(17(18)19)15(10-12)20-11-13-4-2-1-3-5-13/h1-7,10,16H,8-9,11H2. The van der Waals surface area contributed by atoms with Crippen molar-refractivity contribution in [1.29, 1.82) is 0 Å². The Labute approximate surface area is 117 Å². The first-order valence-electron chi connectivity index (χ1n) is 6.29. The summed E-state index contributed by atoms with van der Waals surface area (Å²) in [4.78, 5) is 10.5. The molecule has 0 heterocycles. The molecule has 0 unspecified atom stereocenters. The number of hydrogen-bond donors (Lipinski definition) is 0. The molecule has 2 aromatic carbocycles. The van der Waals surface area contributed by atoms with Crippen LogP contribution in [0, 0.1) is 10.1 Å². The minimum absolute atomic E-state index is 0.0466. The Kier molecular flexibility index (Phi) is 4.68. The average molecular weight is 271 g/mol. The molecule has 20 heavy (non-hydrogen) atoms. The second-order valence-electron chi connectivity index (χ2n) is 4.33. The van der Waals surface area contributed by atoms with Crippen LogP contribution >= 0.6 is 0 Å². The predicted octanol–water partition coefficient (Wildman–Crippen LogP) is 3.00. The van der Waals surface area contributed by atoms with Crippen molar-refractivity contribution in [3.05, 3.63) is 69.8 Å². The Morgan fingerprint density at radius 3 is 2.50 bits per heavy atom. The molecule has 1 N–H and O–H groups in total. The second-order valence-corrected chi connectivity index (χ2v) is 4.33. The number of rotatable bonds is 6. The zero-order chi connectivity index (χ0) is 14.4. The van der Waals surface area contributed by atoms with Crippen LogP contribution in [0.15, 0.2) is 48.5 Å². The van der Waals surface area contributed by atoms with Crippen molar-refractivity contribution in [1.82, 2.24) is 5.73 Å². The van der Waals surface area contributed by atoms with Gasteiger partial charge in [0.15, 0.2) is 5.75 Å². The minimum Gasteiger partial charge on any atom is -0.482 e. The van der Waals surface area contributed by atoms with E-state index in [0.29, 0.717) is 6.42 Å². The molecule has 0 aliphatic rings. The van der Waals surface area contributed by atoms with E-state index in [4.69, 9.17) is 10.5 Å². The summed E-state index contributed by atoms with van der Waals surface area (Å²) >= 11 is 0. The summed E-state index contributed by atoms with van der Waals surface area (Å²) in [5, 5.41) is 11.0. The van der Waals surface area contributed by atoms with E-state index in [0.717, 1.165) is 11.1 Å². The molecule has 5 nitrogen and oxygen atoms in total. The van der Waals surface area contributed by atoms with E-state index < -0.39 is 4.92 Å². The van der Waals surface area contributed by atoms with Crippen molar-refractivity contribution in [3.8, 4) is 5.75 Å². The monoisotopic (exact) mass is 271 g/mol. The third-order valence-electron chi connectivity index (χ3n) is 2.87. The first-order valence-corrected chi connectivity index (χ1v) is 6.29. The maximum atomic E-state index is 11.0.